The molecule has 6 rings (SSSR count). The Hall–Kier alpha value is -3.51. The predicted molar refractivity (Wildman–Crippen MR) is 190 cm³/mol. The van der Waals surface area contributed by atoms with Gasteiger partial charge in [-0.3, -0.25) is 4.79 Å². The molecule has 0 saturated carbocycles. The zero-order valence-electron chi connectivity index (χ0n) is 29.3. The number of hydrogen-bond acceptors (Lipinski definition) is 5. The number of amides is 4. The summed E-state index contributed by atoms with van der Waals surface area (Å²) in [7, 11) is 2.17. The zero-order chi connectivity index (χ0) is 36.1. The van der Waals surface area contributed by atoms with Crippen LogP contribution in [0, 0.1) is 11.8 Å². The molecule has 1 N–H and O–H groups in total. The first-order valence-electron chi connectivity index (χ1n) is 18.4. The smallest absolute Gasteiger partial charge is 0.417 e. The highest BCUT2D eigenvalue weighted by atomic mass is 35.5. The van der Waals surface area contributed by atoms with Crippen molar-refractivity contribution in [2.75, 3.05) is 58.2 Å². The Morgan fingerprint density at radius 1 is 0.902 bits per heavy atom. The zero-order valence-corrected chi connectivity index (χ0v) is 30.1. The van der Waals surface area contributed by atoms with Crippen LogP contribution in [0.25, 0.3) is 0 Å². The minimum Gasteiger partial charge on any atom is -0.436 e. The van der Waals surface area contributed by atoms with E-state index in [1.165, 1.54) is 36.3 Å². The van der Waals surface area contributed by atoms with E-state index in [-0.39, 0.29) is 24.1 Å². The maximum absolute atomic E-state index is 14.0. The van der Waals surface area contributed by atoms with Crippen LogP contribution in [0.15, 0.2) is 42.5 Å². The number of alkyl halides is 3. The lowest BCUT2D eigenvalue weighted by atomic mass is 9.84. The molecule has 13 heteroatoms. The highest BCUT2D eigenvalue weighted by molar-refractivity contribution is 6.31. The van der Waals surface area contributed by atoms with E-state index in [2.05, 4.69) is 17.3 Å². The number of hydrogen-bond donors (Lipinski definition) is 1. The molecule has 0 spiro atoms. The van der Waals surface area contributed by atoms with E-state index in [0.29, 0.717) is 57.4 Å². The molecule has 3 fully saturated rings. The number of rotatable bonds is 7. The number of nitrogens with one attached hydrogen (secondary N) is 1. The van der Waals surface area contributed by atoms with Crippen LogP contribution in [-0.2, 0) is 28.5 Å². The quantitative estimate of drug-likeness (QED) is 0.323. The van der Waals surface area contributed by atoms with Crippen molar-refractivity contribution in [2.45, 2.75) is 82.5 Å². The maximum Gasteiger partial charge on any atom is 0.417 e. The Kier molecular flexibility index (Phi) is 12.0. The van der Waals surface area contributed by atoms with E-state index in [4.69, 9.17) is 16.3 Å². The van der Waals surface area contributed by atoms with E-state index < -0.39 is 34.9 Å². The lowest BCUT2D eigenvalue weighted by Crippen LogP contribution is -2.51. The van der Waals surface area contributed by atoms with Crippen LogP contribution >= 0.6 is 11.6 Å². The molecule has 4 heterocycles. The van der Waals surface area contributed by atoms with Gasteiger partial charge in [0.25, 0.3) is 5.91 Å². The fourth-order valence-electron chi connectivity index (χ4n) is 8.21. The van der Waals surface area contributed by atoms with Gasteiger partial charge in [0, 0.05) is 50.9 Å². The molecular weight excluding hydrogens is 683 g/mol. The van der Waals surface area contributed by atoms with Crippen LogP contribution in [0.4, 0.5) is 28.4 Å². The fraction of sp³-hybridized carbons (Fsp3) is 0.605. The standard InChI is InChI=1S/C38H49ClF3N5O4/c1-44-16-4-5-26(10-17-44)23-27-11-18-45(19-12-27)35(48)34(25-28-8-9-32(39)31(24-28)38(40,41)42)51-37(50)46-20-14-30(15-21-46)47-22-13-29-6-2-3-7-33(29)43-36(47)49/h2-3,6-9,24,26-27,30,34H,4-5,10-23,25H2,1H3,(H,43,49)/t26?,34-/m1/s1. The molecule has 0 bridgehead atoms. The Bertz CT molecular complexity index is 1540. The van der Waals surface area contributed by atoms with Crippen LogP contribution in [-0.4, -0.2) is 103 Å². The number of urea groups is 1. The summed E-state index contributed by atoms with van der Waals surface area (Å²) < 4.78 is 47.0. The average molecular weight is 732 g/mol. The maximum atomic E-state index is 14.0. The topological polar surface area (TPSA) is 85.4 Å². The summed E-state index contributed by atoms with van der Waals surface area (Å²) in [6, 6.07) is 11.0. The van der Waals surface area contributed by atoms with Gasteiger partial charge in [-0.25, -0.2) is 9.59 Å². The van der Waals surface area contributed by atoms with Gasteiger partial charge in [-0.05, 0) is 119 Å². The Balaban J connectivity index is 1.09. The molecule has 278 valence electrons. The van der Waals surface area contributed by atoms with E-state index in [9.17, 15) is 27.6 Å². The predicted octanol–water partition coefficient (Wildman–Crippen LogP) is 7.32. The molecule has 4 aliphatic heterocycles. The molecule has 1 unspecified atom stereocenters. The lowest BCUT2D eigenvalue weighted by molar-refractivity contribution is -0.142. The average Bonchev–Trinajstić information content (AvgIpc) is 3.42. The van der Waals surface area contributed by atoms with E-state index in [1.54, 1.807) is 4.90 Å². The van der Waals surface area contributed by atoms with Gasteiger partial charge in [0.1, 0.15) is 0 Å². The van der Waals surface area contributed by atoms with Crippen molar-refractivity contribution in [3.05, 3.63) is 64.2 Å². The first-order chi connectivity index (χ1) is 24.4. The summed E-state index contributed by atoms with van der Waals surface area (Å²) in [5.74, 6) is 0.797. The largest absolute Gasteiger partial charge is 0.436 e. The van der Waals surface area contributed by atoms with Crippen molar-refractivity contribution in [3.63, 3.8) is 0 Å². The monoisotopic (exact) mass is 731 g/mol. The molecule has 51 heavy (non-hydrogen) atoms. The molecule has 0 radical (unpaired) electrons. The van der Waals surface area contributed by atoms with Crippen LogP contribution in [0.3, 0.4) is 0 Å². The summed E-state index contributed by atoms with van der Waals surface area (Å²) in [4.78, 5) is 48.1. The minimum atomic E-state index is -4.67. The van der Waals surface area contributed by atoms with Gasteiger partial charge in [0.15, 0.2) is 6.10 Å². The molecule has 0 aromatic heterocycles. The van der Waals surface area contributed by atoms with Crippen molar-refractivity contribution in [3.8, 4) is 0 Å². The number of para-hydroxylation sites is 1. The Morgan fingerprint density at radius 3 is 2.33 bits per heavy atom. The Morgan fingerprint density at radius 2 is 1.59 bits per heavy atom. The normalized spacial score (nSPS) is 22.1. The van der Waals surface area contributed by atoms with Crippen molar-refractivity contribution in [2.24, 2.45) is 11.8 Å². The number of carbonyl (C=O) groups is 3. The Labute approximate surface area is 303 Å². The van der Waals surface area contributed by atoms with Crippen molar-refractivity contribution >= 4 is 35.3 Å². The summed E-state index contributed by atoms with van der Waals surface area (Å²) >= 11 is 5.88. The van der Waals surface area contributed by atoms with Crippen molar-refractivity contribution < 1.29 is 32.3 Å². The number of fused-ring (bicyclic) bond motifs is 1. The molecule has 3 saturated heterocycles. The summed E-state index contributed by atoms with van der Waals surface area (Å²) in [5.41, 5.74) is 1.09. The van der Waals surface area contributed by atoms with Gasteiger partial charge >= 0.3 is 18.3 Å². The second kappa shape index (κ2) is 16.4. The summed E-state index contributed by atoms with van der Waals surface area (Å²) in [6.07, 6.45) is 1.39. The molecule has 2 atom stereocenters. The number of benzene rings is 2. The SMILES string of the molecule is CN1CCCC(CC2CCN(C(=O)[C@@H](Cc3ccc(Cl)c(C(F)(F)F)c3)OC(=O)N3CCC(N4CCc5ccccc5NC4=O)CC3)CC2)CC1. The molecule has 4 aliphatic rings. The molecular formula is C38H49ClF3N5O4. The van der Waals surface area contributed by atoms with Gasteiger partial charge in [-0.15, -0.1) is 0 Å². The molecule has 0 aliphatic carbocycles. The van der Waals surface area contributed by atoms with Gasteiger partial charge in [0.2, 0.25) is 0 Å². The number of nitrogens with zero attached hydrogens (tertiary/aromatic N) is 4. The number of halogens is 4. The second-order valence-electron chi connectivity index (χ2n) is 14.7. The number of anilines is 1. The second-order valence-corrected chi connectivity index (χ2v) is 15.1. The number of piperidine rings is 2. The summed E-state index contributed by atoms with van der Waals surface area (Å²) in [6.45, 7) is 4.48. The van der Waals surface area contributed by atoms with Crippen LogP contribution < -0.4 is 5.32 Å². The van der Waals surface area contributed by atoms with Crippen LogP contribution in [0.1, 0.15) is 68.1 Å². The van der Waals surface area contributed by atoms with Gasteiger partial charge < -0.3 is 29.7 Å². The van der Waals surface area contributed by atoms with E-state index >= 15 is 0 Å². The first kappa shape index (κ1) is 37.3. The third-order valence-electron chi connectivity index (χ3n) is 11.2. The van der Waals surface area contributed by atoms with Gasteiger partial charge in [-0.1, -0.05) is 35.9 Å². The number of carbonyl (C=O) groups excluding carboxylic acids is 3. The minimum absolute atomic E-state index is 0.0733. The van der Waals surface area contributed by atoms with Crippen LogP contribution in [0.2, 0.25) is 5.02 Å². The highest BCUT2D eigenvalue weighted by Crippen LogP contribution is 2.36. The van der Waals surface area contributed by atoms with Crippen molar-refractivity contribution in [1.82, 2.24) is 19.6 Å². The van der Waals surface area contributed by atoms with Crippen LogP contribution in [0.5, 0.6) is 0 Å². The van der Waals surface area contributed by atoms with Gasteiger partial charge in [-0.2, -0.15) is 13.2 Å². The van der Waals surface area contributed by atoms with E-state index in [0.717, 1.165) is 56.1 Å². The third kappa shape index (κ3) is 9.49. The third-order valence-corrected chi connectivity index (χ3v) is 11.6. The molecule has 9 nitrogen and oxygen atoms in total. The number of ether oxygens (including phenoxy) is 1. The van der Waals surface area contributed by atoms with Gasteiger partial charge in [0.05, 0.1) is 10.6 Å². The molecule has 2 aromatic rings. The number of likely N-dealkylation sites (tertiary alicyclic amines) is 3. The highest BCUT2D eigenvalue weighted by Gasteiger charge is 2.37. The first-order valence-corrected chi connectivity index (χ1v) is 18.8. The summed E-state index contributed by atoms with van der Waals surface area (Å²) in [5, 5.41) is 2.57. The van der Waals surface area contributed by atoms with E-state index in [1.807, 2.05) is 29.2 Å². The van der Waals surface area contributed by atoms with Crippen molar-refractivity contribution in [1.29, 1.82) is 0 Å². The molecule has 4 amide bonds. The molecule has 2 aromatic carbocycles. The lowest BCUT2D eigenvalue weighted by Gasteiger charge is -2.38. The fourth-order valence-corrected chi connectivity index (χ4v) is 8.44.